The molecule has 1 aromatic heterocycles. The number of aromatic nitrogens is 2. The van der Waals surface area contributed by atoms with E-state index in [0.29, 0.717) is 17.8 Å². The molecule has 0 aliphatic rings. The number of alkyl halides is 1. The van der Waals surface area contributed by atoms with Crippen LogP contribution in [-0.4, -0.2) is 15.4 Å². The molecule has 1 aromatic carbocycles. The molecule has 0 saturated heterocycles. The first kappa shape index (κ1) is 14.9. The Balaban J connectivity index is 2.51. The van der Waals surface area contributed by atoms with Crippen molar-refractivity contribution in [2.75, 3.05) is 5.88 Å². The Hall–Kier alpha value is -0.540. The van der Waals surface area contributed by atoms with E-state index in [2.05, 4.69) is 59.5 Å². The second-order valence-corrected chi connectivity index (χ2v) is 6.74. The van der Waals surface area contributed by atoms with Gasteiger partial charge in [0.2, 0.25) is 0 Å². The average Bonchev–Trinajstić information content (AvgIpc) is 2.65. The molecule has 1 unspecified atom stereocenters. The fourth-order valence-corrected chi connectivity index (χ4v) is 3.18. The number of hydrogen-bond acceptors (Lipinski definition) is 1. The summed E-state index contributed by atoms with van der Waals surface area (Å²) in [5.41, 5.74) is 2.25. The third kappa shape index (κ3) is 3.32. The standard InChI is InChI=1S/C15H20BrClN2/c1-10(2)8-11(3)19-14-5-4-12(16)9-13(14)18-15(19)6-7-17/h4-5,9-11H,6-8H2,1-3H3. The first-order valence-electron chi connectivity index (χ1n) is 6.75. The van der Waals surface area contributed by atoms with Crippen molar-refractivity contribution in [2.24, 2.45) is 5.92 Å². The molecule has 0 spiro atoms. The quantitative estimate of drug-likeness (QED) is 0.683. The Kier molecular flexibility index (Phi) is 4.91. The average molecular weight is 344 g/mol. The summed E-state index contributed by atoms with van der Waals surface area (Å²) in [4.78, 5) is 4.74. The topological polar surface area (TPSA) is 17.8 Å². The van der Waals surface area contributed by atoms with Crippen LogP contribution in [0.3, 0.4) is 0 Å². The van der Waals surface area contributed by atoms with E-state index >= 15 is 0 Å². The molecular weight excluding hydrogens is 324 g/mol. The van der Waals surface area contributed by atoms with Gasteiger partial charge in [-0.25, -0.2) is 4.98 Å². The Morgan fingerprint density at radius 3 is 2.68 bits per heavy atom. The number of benzene rings is 1. The van der Waals surface area contributed by atoms with Crippen LogP contribution in [-0.2, 0) is 6.42 Å². The molecule has 0 amide bonds. The van der Waals surface area contributed by atoms with E-state index in [9.17, 15) is 0 Å². The van der Waals surface area contributed by atoms with Crippen LogP contribution in [0.2, 0.25) is 0 Å². The largest absolute Gasteiger partial charge is 0.325 e. The minimum atomic E-state index is 0.449. The van der Waals surface area contributed by atoms with E-state index in [-0.39, 0.29) is 0 Å². The molecule has 2 nitrogen and oxygen atoms in total. The van der Waals surface area contributed by atoms with Crippen LogP contribution in [0.1, 0.15) is 39.1 Å². The number of aryl methyl sites for hydroxylation is 1. The van der Waals surface area contributed by atoms with Crippen LogP contribution < -0.4 is 0 Å². The highest BCUT2D eigenvalue weighted by atomic mass is 79.9. The van der Waals surface area contributed by atoms with Gasteiger partial charge in [0, 0.05) is 22.8 Å². The van der Waals surface area contributed by atoms with Gasteiger partial charge in [0.25, 0.3) is 0 Å². The smallest absolute Gasteiger partial charge is 0.111 e. The number of hydrogen-bond donors (Lipinski definition) is 0. The van der Waals surface area contributed by atoms with Gasteiger partial charge < -0.3 is 4.57 Å². The molecule has 19 heavy (non-hydrogen) atoms. The van der Waals surface area contributed by atoms with Gasteiger partial charge in [0.15, 0.2) is 0 Å². The van der Waals surface area contributed by atoms with Crippen molar-refractivity contribution in [3.05, 3.63) is 28.5 Å². The summed E-state index contributed by atoms with van der Waals surface area (Å²) in [6.07, 6.45) is 1.97. The highest BCUT2D eigenvalue weighted by Gasteiger charge is 2.16. The normalized spacial score (nSPS) is 13.4. The van der Waals surface area contributed by atoms with E-state index in [1.54, 1.807) is 0 Å². The van der Waals surface area contributed by atoms with Gasteiger partial charge in [-0.2, -0.15) is 0 Å². The third-order valence-electron chi connectivity index (χ3n) is 3.30. The van der Waals surface area contributed by atoms with Crippen molar-refractivity contribution >= 4 is 38.6 Å². The van der Waals surface area contributed by atoms with E-state index in [1.165, 1.54) is 5.52 Å². The highest BCUT2D eigenvalue weighted by molar-refractivity contribution is 9.10. The molecule has 0 saturated carbocycles. The van der Waals surface area contributed by atoms with E-state index in [4.69, 9.17) is 16.6 Å². The Labute approximate surface area is 128 Å². The zero-order chi connectivity index (χ0) is 14.0. The molecule has 0 radical (unpaired) electrons. The Morgan fingerprint density at radius 1 is 1.32 bits per heavy atom. The van der Waals surface area contributed by atoms with Gasteiger partial charge in [0.1, 0.15) is 5.82 Å². The molecule has 0 aliphatic carbocycles. The van der Waals surface area contributed by atoms with Crippen molar-refractivity contribution < 1.29 is 0 Å². The summed E-state index contributed by atoms with van der Waals surface area (Å²) in [6.45, 7) is 6.78. The minimum absolute atomic E-state index is 0.449. The fraction of sp³-hybridized carbons (Fsp3) is 0.533. The van der Waals surface area contributed by atoms with Gasteiger partial charge in [-0.05, 0) is 37.5 Å². The number of imidazole rings is 1. The van der Waals surface area contributed by atoms with Crippen molar-refractivity contribution in [1.82, 2.24) is 9.55 Å². The maximum Gasteiger partial charge on any atom is 0.111 e. The zero-order valence-corrected chi connectivity index (χ0v) is 14.0. The van der Waals surface area contributed by atoms with E-state index in [1.807, 2.05) is 0 Å². The van der Waals surface area contributed by atoms with Crippen molar-refractivity contribution in [1.29, 1.82) is 0 Å². The molecule has 0 N–H and O–H groups in total. The van der Waals surface area contributed by atoms with Gasteiger partial charge >= 0.3 is 0 Å². The van der Waals surface area contributed by atoms with E-state index in [0.717, 1.165) is 28.7 Å². The van der Waals surface area contributed by atoms with Crippen LogP contribution in [0.25, 0.3) is 11.0 Å². The van der Waals surface area contributed by atoms with Gasteiger partial charge in [-0.1, -0.05) is 29.8 Å². The Morgan fingerprint density at radius 2 is 2.05 bits per heavy atom. The summed E-state index contributed by atoms with van der Waals surface area (Å²) in [6, 6.07) is 6.74. The maximum atomic E-state index is 5.91. The second kappa shape index (κ2) is 6.27. The van der Waals surface area contributed by atoms with Crippen LogP contribution in [0.5, 0.6) is 0 Å². The molecule has 2 rings (SSSR count). The lowest BCUT2D eigenvalue weighted by molar-refractivity contribution is 0.426. The summed E-state index contributed by atoms with van der Waals surface area (Å²) in [5.74, 6) is 2.38. The molecule has 0 bridgehead atoms. The van der Waals surface area contributed by atoms with Gasteiger partial charge in [-0.15, -0.1) is 11.6 Å². The third-order valence-corrected chi connectivity index (χ3v) is 3.98. The van der Waals surface area contributed by atoms with Crippen molar-refractivity contribution in [3.63, 3.8) is 0 Å². The second-order valence-electron chi connectivity index (χ2n) is 5.45. The van der Waals surface area contributed by atoms with Crippen molar-refractivity contribution in [3.8, 4) is 0 Å². The molecular formula is C15H20BrClN2. The lowest BCUT2D eigenvalue weighted by atomic mass is 10.0. The summed E-state index contributed by atoms with van der Waals surface area (Å²) in [7, 11) is 0. The maximum absolute atomic E-state index is 5.91. The minimum Gasteiger partial charge on any atom is -0.325 e. The molecule has 104 valence electrons. The number of rotatable bonds is 5. The molecule has 1 atom stereocenters. The number of nitrogens with zero attached hydrogens (tertiary/aromatic N) is 2. The van der Waals surface area contributed by atoms with Crippen LogP contribution in [0.15, 0.2) is 22.7 Å². The fourth-order valence-electron chi connectivity index (χ4n) is 2.66. The van der Waals surface area contributed by atoms with Crippen LogP contribution in [0.4, 0.5) is 0 Å². The number of halogens is 2. The molecule has 2 aromatic rings. The molecule has 0 fully saturated rings. The van der Waals surface area contributed by atoms with Gasteiger partial charge in [-0.3, -0.25) is 0 Å². The zero-order valence-electron chi connectivity index (χ0n) is 11.7. The van der Waals surface area contributed by atoms with Crippen molar-refractivity contribution in [2.45, 2.75) is 39.7 Å². The summed E-state index contributed by atoms with van der Waals surface area (Å²) >= 11 is 9.42. The molecule has 0 aliphatic heterocycles. The lowest BCUT2D eigenvalue weighted by Gasteiger charge is -2.19. The first-order chi connectivity index (χ1) is 9.02. The SMILES string of the molecule is CC(C)CC(C)n1c(CCCl)nc2cc(Br)ccc21. The van der Waals surface area contributed by atoms with Gasteiger partial charge in [0.05, 0.1) is 11.0 Å². The lowest BCUT2D eigenvalue weighted by Crippen LogP contribution is -2.12. The summed E-state index contributed by atoms with van der Waals surface area (Å²) < 4.78 is 3.42. The van der Waals surface area contributed by atoms with Crippen LogP contribution >= 0.6 is 27.5 Å². The highest BCUT2D eigenvalue weighted by Crippen LogP contribution is 2.27. The monoisotopic (exact) mass is 342 g/mol. The predicted molar refractivity (Wildman–Crippen MR) is 86.0 cm³/mol. The first-order valence-corrected chi connectivity index (χ1v) is 8.08. The molecule has 4 heteroatoms. The Bertz CT molecular complexity index is 563. The van der Waals surface area contributed by atoms with E-state index < -0.39 is 0 Å². The number of fused-ring (bicyclic) bond motifs is 1. The summed E-state index contributed by atoms with van der Waals surface area (Å²) in [5, 5.41) is 0. The molecule has 1 heterocycles. The predicted octanol–water partition coefficient (Wildman–Crippen LogP) is 5.19. The van der Waals surface area contributed by atoms with Crippen LogP contribution in [0, 0.1) is 5.92 Å².